The van der Waals surface area contributed by atoms with Gasteiger partial charge in [0.2, 0.25) is 5.91 Å². The quantitative estimate of drug-likeness (QED) is 0.706. The Morgan fingerprint density at radius 3 is 2.24 bits per heavy atom. The van der Waals surface area contributed by atoms with Crippen molar-refractivity contribution in [3.05, 3.63) is 0 Å². The molecule has 5 nitrogen and oxygen atoms in total. The van der Waals surface area contributed by atoms with E-state index in [9.17, 15) is 9.59 Å². The molecule has 3 N–H and O–H groups in total. The number of ether oxygens (including phenoxy) is 1. The summed E-state index contributed by atoms with van der Waals surface area (Å²) in [6.45, 7) is 3.55. The number of nitrogens with one attached hydrogen (secondary N) is 1. The summed E-state index contributed by atoms with van der Waals surface area (Å²) in [5.74, 6) is -0.829. The van der Waals surface area contributed by atoms with Crippen LogP contribution in [0.2, 0.25) is 0 Å². The van der Waals surface area contributed by atoms with Gasteiger partial charge < -0.3 is 15.8 Å². The van der Waals surface area contributed by atoms with Gasteiger partial charge in [-0.15, -0.1) is 0 Å². The van der Waals surface area contributed by atoms with Gasteiger partial charge in [-0.1, -0.05) is 19.8 Å². The van der Waals surface area contributed by atoms with Crippen molar-refractivity contribution in [2.24, 2.45) is 11.7 Å². The monoisotopic (exact) mass is 242 g/mol. The fourth-order valence-electron chi connectivity index (χ4n) is 2.14. The molecule has 0 aromatic rings. The molecule has 1 aliphatic carbocycles. The third kappa shape index (κ3) is 2.97. The lowest BCUT2D eigenvalue weighted by atomic mass is 9.95. The summed E-state index contributed by atoms with van der Waals surface area (Å²) >= 11 is 0. The largest absolute Gasteiger partial charge is 0.467 e. The maximum absolute atomic E-state index is 12.0. The average Bonchev–Trinajstić information content (AvgIpc) is 2.76. The summed E-state index contributed by atoms with van der Waals surface area (Å²) in [5.41, 5.74) is 4.86. The molecule has 1 amide bonds. The maximum Gasteiger partial charge on any atom is 0.331 e. The van der Waals surface area contributed by atoms with Crippen LogP contribution in [0.15, 0.2) is 0 Å². The number of hydrogen-bond acceptors (Lipinski definition) is 4. The number of carbonyl (C=O) groups is 2. The summed E-state index contributed by atoms with van der Waals surface area (Å²) in [6, 6.07) is -0.230. The molecule has 2 atom stereocenters. The molecule has 0 aliphatic heterocycles. The molecule has 5 heteroatoms. The van der Waals surface area contributed by atoms with Crippen molar-refractivity contribution in [1.29, 1.82) is 0 Å². The zero-order valence-electron chi connectivity index (χ0n) is 10.8. The van der Waals surface area contributed by atoms with E-state index in [1.807, 2.05) is 0 Å². The van der Waals surface area contributed by atoms with Crippen LogP contribution in [0.5, 0.6) is 0 Å². The van der Waals surface area contributed by atoms with Gasteiger partial charge in [0.25, 0.3) is 0 Å². The van der Waals surface area contributed by atoms with E-state index in [-0.39, 0.29) is 23.8 Å². The van der Waals surface area contributed by atoms with Gasteiger partial charge in [0.05, 0.1) is 7.11 Å². The highest BCUT2D eigenvalue weighted by Crippen LogP contribution is 2.31. The Morgan fingerprint density at radius 2 is 1.82 bits per heavy atom. The van der Waals surface area contributed by atoms with E-state index >= 15 is 0 Å². The highest BCUT2D eigenvalue weighted by Gasteiger charge is 2.44. The van der Waals surface area contributed by atoms with Gasteiger partial charge in [0, 0.05) is 12.0 Å². The van der Waals surface area contributed by atoms with Crippen molar-refractivity contribution < 1.29 is 14.3 Å². The van der Waals surface area contributed by atoms with Crippen LogP contribution in [-0.2, 0) is 14.3 Å². The second-order valence-electron chi connectivity index (χ2n) is 4.92. The third-order valence-electron chi connectivity index (χ3n) is 3.60. The molecule has 1 rings (SSSR count). The van der Waals surface area contributed by atoms with Crippen molar-refractivity contribution in [3.8, 4) is 0 Å². The van der Waals surface area contributed by atoms with Crippen LogP contribution in [0, 0.1) is 5.92 Å². The minimum absolute atomic E-state index is 0.174. The first-order chi connectivity index (χ1) is 7.93. The van der Waals surface area contributed by atoms with E-state index in [0.29, 0.717) is 12.8 Å². The van der Waals surface area contributed by atoms with E-state index in [2.05, 4.69) is 5.32 Å². The zero-order chi connectivity index (χ0) is 13.1. The van der Waals surface area contributed by atoms with Gasteiger partial charge in [0.1, 0.15) is 5.54 Å². The Labute approximate surface area is 102 Å². The van der Waals surface area contributed by atoms with Crippen molar-refractivity contribution in [2.75, 3.05) is 7.11 Å². The Hall–Kier alpha value is -1.10. The fraction of sp³-hybridized carbons (Fsp3) is 0.833. The van der Waals surface area contributed by atoms with E-state index in [4.69, 9.17) is 10.5 Å². The Balaban J connectivity index is 2.74. The second kappa shape index (κ2) is 5.49. The number of nitrogens with two attached hydrogens (primary N) is 1. The molecule has 2 unspecified atom stereocenters. The smallest absolute Gasteiger partial charge is 0.331 e. The van der Waals surface area contributed by atoms with Gasteiger partial charge in [-0.25, -0.2) is 4.79 Å². The lowest BCUT2D eigenvalue weighted by molar-refractivity contribution is -0.151. The van der Waals surface area contributed by atoms with Crippen LogP contribution in [-0.4, -0.2) is 30.6 Å². The lowest BCUT2D eigenvalue weighted by Gasteiger charge is -2.29. The van der Waals surface area contributed by atoms with Crippen molar-refractivity contribution >= 4 is 11.9 Å². The molecular formula is C12H22N2O3. The van der Waals surface area contributed by atoms with Gasteiger partial charge >= 0.3 is 5.97 Å². The van der Waals surface area contributed by atoms with Gasteiger partial charge in [0.15, 0.2) is 0 Å². The highest BCUT2D eigenvalue weighted by molar-refractivity contribution is 5.89. The van der Waals surface area contributed by atoms with Crippen LogP contribution >= 0.6 is 0 Å². The van der Waals surface area contributed by atoms with E-state index in [1.54, 1.807) is 13.8 Å². The first-order valence-corrected chi connectivity index (χ1v) is 6.09. The molecule has 0 spiro atoms. The molecule has 1 saturated carbocycles. The number of rotatable bonds is 4. The molecule has 0 radical (unpaired) electrons. The third-order valence-corrected chi connectivity index (χ3v) is 3.60. The standard InChI is InChI=1S/C12H22N2O3/c1-8(9(2)13)10(15)14-12(11(16)17-3)6-4-5-7-12/h8-9H,4-7,13H2,1-3H3,(H,14,15). The second-order valence-corrected chi connectivity index (χ2v) is 4.92. The topological polar surface area (TPSA) is 81.4 Å². The first kappa shape index (κ1) is 14.0. The number of amides is 1. The van der Waals surface area contributed by atoms with Crippen molar-refractivity contribution in [1.82, 2.24) is 5.32 Å². The van der Waals surface area contributed by atoms with Crippen molar-refractivity contribution in [2.45, 2.75) is 51.1 Å². The summed E-state index contributed by atoms with van der Waals surface area (Å²) in [7, 11) is 1.35. The Bertz CT molecular complexity index is 296. The molecule has 17 heavy (non-hydrogen) atoms. The first-order valence-electron chi connectivity index (χ1n) is 6.09. The molecule has 0 aromatic heterocycles. The molecule has 1 aliphatic rings. The Kier molecular flexibility index (Phi) is 4.51. The Morgan fingerprint density at radius 1 is 1.29 bits per heavy atom. The summed E-state index contributed by atoms with van der Waals surface area (Å²) < 4.78 is 4.79. The van der Waals surface area contributed by atoms with E-state index in [0.717, 1.165) is 12.8 Å². The van der Waals surface area contributed by atoms with Gasteiger partial charge in [-0.05, 0) is 19.8 Å². The van der Waals surface area contributed by atoms with Crippen LogP contribution in [0.3, 0.4) is 0 Å². The number of hydrogen-bond donors (Lipinski definition) is 2. The summed E-state index contributed by atoms with van der Waals surface area (Å²) in [5, 5.41) is 2.83. The normalized spacial score (nSPS) is 21.6. The SMILES string of the molecule is COC(=O)C1(NC(=O)C(C)C(C)N)CCCC1. The fourth-order valence-corrected chi connectivity index (χ4v) is 2.14. The predicted octanol–water partition coefficient (Wildman–Crippen LogP) is 0.572. The number of carbonyl (C=O) groups excluding carboxylic acids is 2. The molecule has 0 aromatic carbocycles. The van der Waals surface area contributed by atoms with Crippen LogP contribution in [0.25, 0.3) is 0 Å². The maximum atomic E-state index is 12.0. The minimum atomic E-state index is -0.824. The number of esters is 1. The molecule has 0 saturated heterocycles. The summed E-state index contributed by atoms with van der Waals surface area (Å²) in [4.78, 5) is 23.8. The molecule has 0 heterocycles. The van der Waals surface area contributed by atoms with Crippen LogP contribution in [0.4, 0.5) is 0 Å². The van der Waals surface area contributed by atoms with E-state index < -0.39 is 5.54 Å². The predicted molar refractivity (Wildman–Crippen MR) is 64.2 cm³/mol. The molecular weight excluding hydrogens is 220 g/mol. The average molecular weight is 242 g/mol. The summed E-state index contributed by atoms with van der Waals surface area (Å²) in [6.07, 6.45) is 3.16. The van der Waals surface area contributed by atoms with Crippen LogP contribution in [0.1, 0.15) is 39.5 Å². The highest BCUT2D eigenvalue weighted by atomic mass is 16.5. The zero-order valence-corrected chi connectivity index (χ0v) is 10.8. The molecule has 1 fully saturated rings. The van der Waals surface area contributed by atoms with Gasteiger partial charge in [-0.2, -0.15) is 0 Å². The van der Waals surface area contributed by atoms with E-state index in [1.165, 1.54) is 7.11 Å². The number of methoxy groups -OCH3 is 1. The molecule has 98 valence electrons. The van der Waals surface area contributed by atoms with Crippen LogP contribution < -0.4 is 11.1 Å². The lowest BCUT2D eigenvalue weighted by Crippen LogP contribution is -2.55. The van der Waals surface area contributed by atoms with Crippen molar-refractivity contribution in [3.63, 3.8) is 0 Å². The molecule has 0 bridgehead atoms. The van der Waals surface area contributed by atoms with Gasteiger partial charge in [-0.3, -0.25) is 4.79 Å². The minimum Gasteiger partial charge on any atom is -0.467 e.